The van der Waals surface area contributed by atoms with E-state index in [9.17, 15) is 9.59 Å². The third kappa shape index (κ3) is 1.99. The predicted molar refractivity (Wildman–Crippen MR) is 57.9 cm³/mol. The Kier molecular flexibility index (Phi) is 2.68. The molecule has 0 aliphatic rings. The van der Waals surface area contributed by atoms with E-state index in [-0.39, 0.29) is 0 Å². The maximum absolute atomic E-state index is 12.1. The minimum absolute atomic E-state index is 0.385. The Labute approximate surface area is 89.7 Å². The molecule has 0 fully saturated rings. The summed E-state index contributed by atoms with van der Waals surface area (Å²) >= 11 is 0. The van der Waals surface area contributed by atoms with Crippen molar-refractivity contribution >= 4 is 18.9 Å². The summed E-state index contributed by atoms with van der Waals surface area (Å²) in [6, 6.07) is 17.0. The van der Waals surface area contributed by atoms with Crippen molar-refractivity contribution in [1.29, 1.82) is 0 Å². The summed E-state index contributed by atoms with van der Waals surface area (Å²) in [5, 5.41) is 0.771. The molecule has 0 radical (unpaired) electrons. The minimum atomic E-state index is -3.96. The second-order valence-corrected chi connectivity index (χ2v) is 5.74. The molecule has 0 amide bonds. The van der Waals surface area contributed by atoms with E-state index >= 15 is 0 Å². The molecule has 2 rings (SSSR count). The molecule has 0 heterocycles. The van der Waals surface area contributed by atoms with Crippen LogP contribution in [0.25, 0.3) is 0 Å². The molecule has 2 aromatic carbocycles. The molecule has 0 aliphatic carbocycles. The summed E-state index contributed by atoms with van der Waals surface area (Å²) in [6.07, 6.45) is 0. The van der Waals surface area contributed by atoms with Crippen molar-refractivity contribution in [2.24, 2.45) is 0 Å². The van der Waals surface area contributed by atoms with Crippen molar-refractivity contribution in [3.63, 3.8) is 0 Å². The highest BCUT2D eigenvalue weighted by atomic mass is 28.4. The lowest BCUT2D eigenvalue weighted by Gasteiger charge is -2.47. The van der Waals surface area contributed by atoms with Crippen LogP contribution in [-0.4, -0.2) is 8.56 Å². The smallest absolute Gasteiger partial charge is 0.0623 e. The summed E-state index contributed by atoms with van der Waals surface area (Å²) in [4.78, 5) is 24.2. The van der Waals surface area contributed by atoms with Gasteiger partial charge in [-0.05, 0) is 0 Å². The fourth-order valence-corrected chi connectivity index (χ4v) is 3.08. The zero-order chi connectivity index (χ0) is 10.7. The fourth-order valence-electron chi connectivity index (χ4n) is 1.48. The highest BCUT2D eigenvalue weighted by molar-refractivity contribution is 6.87. The Bertz CT molecular complexity index is 384. The van der Waals surface area contributed by atoms with E-state index in [2.05, 4.69) is 0 Å². The van der Waals surface area contributed by atoms with Crippen LogP contribution in [-0.2, 0) is 0 Å². The molecule has 0 aliphatic heterocycles. The number of hydrogen-bond donors (Lipinski definition) is 0. The van der Waals surface area contributed by atoms with Gasteiger partial charge in [0.05, 0.1) is 0 Å². The highest BCUT2D eigenvalue weighted by Gasteiger charge is 2.07. The molecule has 0 saturated carbocycles. The van der Waals surface area contributed by atoms with Crippen LogP contribution in [0.2, 0.25) is 0 Å². The van der Waals surface area contributed by atoms with Gasteiger partial charge in [-0.3, -0.25) is 0 Å². The summed E-state index contributed by atoms with van der Waals surface area (Å²) < 4.78 is 0. The average molecular weight is 214 g/mol. The monoisotopic (exact) mass is 214 g/mol. The second kappa shape index (κ2) is 3.98. The van der Waals surface area contributed by atoms with Crippen molar-refractivity contribution < 1.29 is 9.59 Å². The highest BCUT2D eigenvalue weighted by Crippen LogP contribution is 1.92. The Morgan fingerprint density at radius 2 is 0.933 bits per heavy atom. The van der Waals surface area contributed by atoms with Crippen molar-refractivity contribution in [3.05, 3.63) is 60.7 Å². The van der Waals surface area contributed by atoms with Crippen LogP contribution in [0.15, 0.2) is 60.7 Å². The fraction of sp³-hybridized carbons (Fsp3) is 0. The van der Waals surface area contributed by atoms with E-state index in [0.717, 1.165) is 0 Å². The maximum atomic E-state index is 12.1. The topological polar surface area (TPSA) is 46.1 Å². The van der Waals surface area contributed by atoms with Crippen molar-refractivity contribution in [2.45, 2.75) is 0 Å². The maximum Gasteiger partial charge on any atom is -0.0623 e. The predicted octanol–water partition coefficient (Wildman–Crippen LogP) is -1.04. The number of benzene rings is 2. The van der Waals surface area contributed by atoms with E-state index in [1.807, 2.05) is 0 Å². The van der Waals surface area contributed by atoms with E-state index in [1.54, 1.807) is 60.7 Å². The first-order chi connectivity index (χ1) is 7.21. The Morgan fingerprint density at radius 3 is 1.27 bits per heavy atom. The van der Waals surface area contributed by atoms with Crippen molar-refractivity contribution in [1.82, 2.24) is 0 Å². The molecule has 0 saturated heterocycles. The van der Waals surface area contributed by atoms with Crippen LogP contribution in [0.5, 0.6) is 0 Å². The van der Waals surface area contributed by atoms with Crippen molar-refractivity contribution in [3.8, 4) is 0 Å². The SMILES string of the molecule is [O-][Si]([O-])(c1ccccc1)c1ccccc1. The number of hydrogen-bond acceptors (Lipinski definition) is 2. The van der Waals surface area contributed by atoms with Gasteiger partial charge in [-0.1, -0.05) is 79.6 Å². The molecule has 0 bridgehead atoms. The Balaban J connectivity index is 2.44. The van der Waals surface area contributed by atoms with E-state index < -0.39 is 8.56 Å². The molecule has 76 valence electrons. The third-order valence-electron chi connectivity index (χ3n) is 2.31. The first kappa shape index (κ1) is 10.1. The molecule has 0 unspecified atom stereocenters. The van der Waals surface area contributed by atoms with Crippen LogP contribution < -0.4 is 20.0 Å². The lowest BCUT2D eigenvalue weighted by atomic mass is 10.4. The van der Waals surface area contributed by atoms with Gasteiger partial charge in [-0.2, -0.15) is 0 Å². The van der Waals surface area contributed by atoms with E-state index in [0.29, 0.717) is 10.4 Å². The van der Waals surface area contributed by atoms with E-state index in [1.165, 1.54) is 0 Å². The van der Waals surface area contributed by atoms with Crippen LogP contribution in [0.1, 0.15) is 0 Å². The van der Waals surface area contributed by atoms with Gasteiger partial charge >= 0.3 is 0 Å². The van der Waals surface area contributed by atoms with Gasteiger partial charge in [0.25, 0.3) is 0 Å². The lowest BCUT2D eigenvalue weighted by Crippen LogP contribution is -2.78. The molecular formula is C12H10O2Si-2. The average Bonchev–Trinajstić information content (AvgIpc) is 2.31. The first-order valence-electron chi connectivity index (χ1n) is 4.73. The van der Waals surface area contributed by atoms with Gasteiger partial charge in [0, 0.05) is 0 Å². The molecule has 15 heavy (non-hydrogen) atoms. The lowest BCUT2D eigenvalue weighted by molar-refractivity contribution is -0.355. The third-order valence-corrected chi connectivity index (χ3v) is 4.49. The Hall–Kier alpha value is -1.42. The molecule has 0 atom stereocenters. The molecule has 2 aromatic rings. The zero-order valence-electron chi connectivity index (χ0n) is 8.09. The van der Waals surface area contributed by atoms with Gasteiger partial charge in [0.15, 0.2) is 0 Å². The Morgan fingerprint density at radius 1 is 0.600 bits per heavy atom. The quantitative estimate of drug-likeness (QED) is 0.600. The molecule has 0 N–H and O–H groups in total. The summed E-state index contributed by atoms with van der Waals surface area (Å²) in [5.74, 6) is 0. The zero-order valence-corrected chi connectivity index (χ0v) is 9.09. The van der Waals surface area contributed by atoms with Gasteiger partial charge in [-0.25, -0.2) is 0 Å². The van der Waals surface area contributed by atoms with Crippen LogP contribution in [0, 0.1) is 0 Å². The summed E-state index contributed by atoms with van der Waals surface area (Å²) in [6.45, 7) is 0. The molecule has 3 heteroatoms. The first-order valence-corrected chi connectivity index (χ1v) is 6.55. The minimum Gasteiger partial charge on any atom is -0.863 e. The molecule has 0 aromatic heterocycles. The largest absolute Gasteiger partial charge is 0.863 e. The van der Waals surface area contributed by atoms with Crippen molar-refractivity contribution in [2.75, 3.05) is 0 Å². The second-order valence-electron chi connectivity index (χ2n) is 3.35. The summed E-state index contributed by atoms with van der Waals surface area (Å²) in [7, 11) is -3.96. The normalized spacial score (nSPS) is 11.3. The standard InChI is InChI=1S/C12H10O2Si/c13-15(14,11-7-3-1-4-8-11)12-9-5-2-6-10-12/h1-10H/q-2. The van der Waals surface area contributed by atoms with Crippen LogP contribution >= 0.6 is 0 Å². The van der Waals surface area contributed by atoms with E-state index in [4.69, 9.17) is 0 Å². The van der Waals surface area contributed by atoms with Gasteiger partial charge < -0.3 is 9.59 Å². The van der Waals surface area contributed by atoms with Gasteiger partial charge in [-0.15, -0.1) is 0 Å². The summed E-state index contributed by atoms with van der Waals surface area (Å²) in [5.41, 5.74) is 0. The molecule has 2 nitrogen and oxygen atoms in total. The van der Waals surface area contributed by atoms with Gasteiger partial charge in [0.2, 0.25) is 0 Å². The van der Waals surface area contributed by atoms with Crippen LogP contribution in [0.4, 0.5) is 0 Å². The molecule has 0 spiro atoms. The molecular weight excluding hydrogens is 204 g/mol. The van der Waals surface area contributed by atoms with Gasteiger partial charge in [0.1, 0.15) is 0 Å². The number of rotatable bonds is 2. The van der Waals surface area contributed by atoms with Crippen LogP contribution in [0.3, 0.4) is 0 Å².